The summed E-state index contributed by atoms with van der Waals surface area (Å²) in [4.78, 5) is 0. The van der Waals surface area contributed by atoms with E-state index in [-0.39, 0.29) is 6.10 Å². The highest BCUT2D eigenvalue weighted by Crippen LogP contribution is 2.26. The Balaban J connectivity index is 1.60. The minimum Gasteiger partial charge on any atom is -0.468 e. The molecule has 94 valence electrons. The summed E-state index contributed by atoms with van der Waals surface area (Å²) in [5.41, 5.74) is 2.73. The van der Waals surface area contributed by atoms with Gasteiger partial charge < -0.3 is 14.5 Å². The van der Waals surface area contributed by atoms with Gasteiger partial charge in [-0.05, 0) is 29.7 Å². The van der Waals surface area contributed by atoms with Gasteiger partial charge in [-0.25, -0.2) is 0 Å². The molecule has 0 amide bonds. The van der Waals surface area contributed by atoms with Gasteiger partial charge in [0, 0.05) is 6.54 Å². The van der Waals surface area contributed by atoms with Gasteiger partial charge in [0.15, 0.2) is 0 Å². The number of furan rings is 1. The first-order valence-corrected chi connectivity index (χ1v) is 6.36. The highest BCUT2D eigenvalue weighted by molar-refractivity contribution is 5.31. The zero-order valence-corrected chi connectivity index (χ0v) is 10.3. The van der Waals surface area contributed by atoms with E-state index in [4.69, 9.17) is 9.15 Å². The van der Waals surface area contributed by atoms with Crippen LogP contribution in [0.2, 0.25) is 0 Å². The Kier molecular flexibility index (Phi) is 3.44. The molecule has 18 heavy (non-hydrogen) atoms. The summed E-state index contributed by atoms with van der Waals surface area (Å²) in [6.45, 7) is 2.37. The van der Waals surface area contributed by atoms with Crippen molar-refractivity contribution < 1.29 is 9.15 Å². The molecule has 0 aliphatic carbocycles. The summed E-state index contributed by atoms with van der Waals surface area (Å²) in [6, 6.07) is 12.4. The Morgan fingerprint density at radius 2 is 2.11 bits per heavy atom. The molecule has 0 fully saturated rings. The van der Waals surface area contributed by atoms with Crippen molar-refractivity contribution in [3.05, 3.63) is 59.5 Å². The van der Waals surface area contributed by atoms with E-state index < -0.39 is 0 Å². The molecule has 1 aromatic heterocycles. The van der Waals surface area contributed by atoms with Gasteiger partial charge in [-0.1, -0.05) is 24.3 Å². The van der Waals surface area contributed by atoms with Crippen molar-refractivity contribution in [1.82, 2.24) is 5.32 Å². The lowest BCUT2D eigenvalue weighted by Crippen LogP contribution is -2.27. The molecule has 1 N–H and O–H groups in total. The van der Waals surface area contributed by atoms with Gasteiger partial charge in [0.05, 0.1) is 25.5 Å². The van der Waals surface area contributed by atoms with E-state index in [9.17, 15) is 0 Å². The Bertz CT molecular complexity index is 493. The number of rotatable bonds is 4. The maximum Gasteiger partial charge on any atom is 0.117 e. The molecule has 1 aromatic carbocycles. The number of hydrogen-bond donors (Lipinski definition) is 1. The van der Waals surface area contributed by atoms with Crippen LogP contribution in [0.1, 0.15) is 23.0 Å². The highest BCUT2D eigenvalue weighted by Gasteiger charge is 2.19. The minimum atomic E-state index is 0.157. The molecule has 0 saturated heterocycles. The topological polar surface area (TPSA) is 34.4 Å². The van der Waals surface area contributed by atoms with Crippen LogP contribution in [0.25, 0.3) is 0 Å². The molecule has 1 aliphatic rings. The minimum absolute atomic E-state index is 0.157. The maximum absolute atomic E-state index is 5.83. The molecule has 0 spiro atoms. The lowest BCUT2D eigenvalue weighted by Gasteiger charge is -2.26. The van der Waals surface area contributed by atoms with E-state index in [0.717, 1.165) is 31.9 Å². The summed E-state index contributed by atoms with van der Waals surface area (Å²) in [6.07, 6.45) is 2.87. The van der Waals surface area contributed by atoms with E-state index in [1.54, 1.807) is 6.26 Å². The van der Waals surface area contributed by atoms with Crippen molar-refractivity contribution >= 4 is 0 Å². The largest absolute Gasteiger partial charge is 0.468 e. The highest BCUT2D eigenvalue weighted by atomic mass is 16.5. The van der Waals surface area contributed by atoms with Crippen LogP contribution >= 0.6 is 0 Å². The van der Waals surface area contributed by atoms with Crippen LogP contribution in [0.4, 0.5) is 0 Å². The van der Waals surface area contributed by atoms with Crippen LogP contribution in [0, 0.1) is 0 Å². The van der Waals surface area contributed by atoms with Gasteiger partial charge in [-0.2, -0.15) is 0 Å². The first-order chi connectivity index (χ1) is 8.93. The van der Waals surface area contributed by atoms with Crippen molar-refractivity contribution in [3.63, 3.8) is 0 Å². The molecule has 3 rings (SSSR count). The fourth-order valence-electron chi connectivity index (χ4n) is 2.39. The molecule has 3 nitrogen and oxygen atoms in total. The molecule has 2 aromatic rings. The molecule has 0 saturated carbocycles. The molecule has 0 bridgehead atoms. The quantitative estimate of drug-likeness (QED) is 0.896. The summed E-state index contributed by atoms with van der Waals surface area (Å²) in [5, 5.41) is 3.38. The van der Waals surface area contributed by atoms with Gasteiger partial charge in [0.2, 0.25) is 0 Å². The smallest absolute Gasteiger partial charge is 0.117 e. The SMILES string of the molecule is c1coc(CNC[C@@H]2OCCc3ccccc32)c1. The third-order valence-electron chi connectivity index (χ3n) is 3.30. The van der Waals surface area contributed by atoms with Crippen LogP contribution < -0.4 is 5.32 Å². The fraction of sp³-hybridized carbons (Fsp3) is 0.333. The van der Waals surface area contributed by atoms with Gasteiger partial charge >= 0.3 is 0 Å². The fourth-order valence-corrected chi connectivity index (χ4v) is 2.39. The lowest BCUT2D eigenvalue weighted by atomic mass is 9.97. The number of ether oxygens (including phenoxy) is 1. The van der Waals surface area contributed by atoms with Crippen LogP contribution in [0.15, 0.2) is 47.1 Å². The second-order valence-electron chi connectivity index (χ2n) is 4.52. The van der Waals surface area contributed by atoms with E-state index in [1.165, 1.54) is 11.1 Å². The van der Waals surface area contributed by atoms with E-state index in [0.29, 0.717) is 0 Å². The summed E-state index contributed by atoms with van der Waals surface area (Å²) in [7, 11) is 0. The average Bonchev–Trinajstić information content (AvgIpc) is 2.92. The zero-order chi connectivity index (χ0) is 12.2. The predicted octanol–water partition coefficient (Wildman–Crippen LogP) is 2.68. The molecule has 1 aliphatic heterocycles. The maximum atomic E-state index is 5.83. The Hall–Kier alpha value is -1.58. The van der Waals surface area contributed by atoms with Crippen LogP contribution in [-0.4, -0.2) is 13.2 Å². The van der Waals surface area contributed by atoms with Crippen LogP contribution in [0.3, 0.4) is 0 Å². The van der Waals surface area contributed by atoms with Crippen molar-refractivity contribution in [2.45, 2.75) is 19.1 Å². The van der Waals surface area contributed by atoms with E-state index in [2.05, 4.69) is 29.6 Å². The summed E-state index contributed by atoms with van der Waals surface area (Å²) < 4.78 is 11.1. The Labute approximate surface area is 107 Å². The van der Waals surface area contributed by atoms with Gasteiger partial charge in [-0.3, -0.25) is 0 Å². The second kappa shape index (κ2) is 5.38. The lowest BCUT2D eigenvalue weighted by molar-refractivity contribution is 0.0421. The third kappa shape index (κ3) is 2.47. The Morgan fingerprint density at radius 1 is 1.17 bits per heavy atom. The molecular weight excluding hydrogens is 226 g/mol. The van der Waals surface area contributed by atoms with Crippen molar-refractivity contribution in [2.24, 2.45) is 0 Å². The van der Waals surface area contributed by atoms with E-state index >= 15 is 0 Å². The number of benzene rings is 1. The molecule has 0 unspecified atom stereocenters. The van der Waals surface area contributed by atoms with Crippen LogP contribution in [-0.2, 0) is 17.7 Å². The molecule has 2 heterocycles. The first-order valence-electron chi connectivity index (χ1n) is 6.36. The van der Waals surface area contributed by atoms with E-state index in [1.807, 2.05) is 12.1 Å². The van der Waals surface area contributed by atoms with Gasteiger partial charge in [0.25, 0.3) is 0 Å². The van der Waals surface area contributed by atoms with Crippen LogP contribution in [0.5, 0.6) is 0 Å². The molecular formula is C15H17NO2. The van der Waals surface area contributed by atoms with Crippen molar-refractivity contribution in [2.75, 3.05) is 13.2 Å². The van der Waals surface area contributed by atoms with Gasteiger partial charge in [-0.15, -0.1) is 0 Å². The number of nitrogens with one attached hydrogen (secondary N) is 1. The number of hydrogen-bond acceptors (Lipinski definition) is 3. The molecule has 0 radical (unpaired) electrons. The van der Waals surface area contributed by atoms with Crippen molar-refractivity contribution in [1.29, 1.82) is 0 Å². The molecule has 1 atom stereocenters. The third-order valence-corrected chi connectivity index (χ3v) is 3.30. The normalized spacial score (nSPS) is 18.6. The summed E-state index contributed by atoms with van der Waals surface area (Å²) >= 11 is 0. The summed E-state index contributed by atoms with van der Waals surface area (Å²) in [5.74, 6) is 0.957. The second-order valence-corrected chi connectivity index (χ2v) is 4.52. The first kappa shape index (κ1) is 11.5. The average molecular weight is 243 g/mol. The predicted molar refractivity (Wildman–Crippen MR) is 69.3 cm³/mol. The standard InChI is InChI=1S/C15H17NO2/c1-2-6-14-12(4-1)7-9-18-15(14)11-16-10-13-5-3-8-17-13/h1-6,8,15-16H,7,9-11H2/t15-/m0/s1. The zero-order valence-electron chi connectivity index (χ0n) is 10.3. The number of fused-ring (bicyclic) bond motifs is 1. The molecule has 3 heteroatoms. The Morgan fingerprint density at radius 3 is 3.00 bits per heavy atom. The van der Waals surface area contributed by atoms with Gasteiger partial charge in [0.1, 0.15) is 5.76 Å². The van der Waals surface area contributed by atoms with Crippen molar-refractivity contribution in [3.8, 4) is 0 Å². The monoisotopic (exact) mass is 243 g/mol.